The number of rotatable bonds is 6. The number of fused-ring (bicyclic) bond motifs is 5. The van der Waals surface area contributed by atoms with Crippen molar-refractivity contribution in [2.45, 2.75) is 62.8 Å². The third-order valence-electron chi connectivity index (χ3n) is 10.5. The zero-order chi connectivity index (χ0) is 30.4. The summed E-state index contributed by atoms with van der Waals surface area (Å²) in [5, 5.41) is 49.3. The minimum atomic E-state index is -2.64. The molecule has 5 aliphatic carbocycles. The number of carbonyl (C=O) groups excluding carboxylic acids is 3. The second-order valence-electron chi connectivity index (χ2n) is 13.3. The molecule has 0 radical (unpaired) electrons. The highest BCUT2D eigenvalue weighted by Gasteiger charge is 2.64. The molecule has 3 saturated carbocycles. The molecule has 0 saturated heterocycles. The highest BCUT2D eigenvalue weighted by atomic mass is 16.3. The number of aliphatic hydroxyl groups excluding tert-OH is 2. The summed E-state index contributed by atoms with van der Waals surface area (Å²) in [7, 11) is 6.96. The fraction of sp³-hybridized carbons (Fsp3) is 0.581. The number of anilines is 1. The van der Waals surface area contributed by atoms with Gasteiger partial charge in [0.2, 0.25) is 5.78 Å². The normalized spacial score (nSPS) is 33.7. The maximum Gasteiger partial charge on any atom is 0.255 e. The van der Waals surface area contributed by atoms with E-state index in [0.29, 0.717) is 24.1 Å². The van der Waals surface area contributed by atoms with Crippen LogP contribution in [0.5, 0.6) is 5.75 Å². The second-order valence-corrected chi connectivity index (χ2v) is 13.3. The molecule has 6 rings (SSSR count). The van der Waals surface area contributed by atoms with E-state index in [0.717, 1.165) is 23.6 Å². The summed E-state index contributed by atoms with van der Waals surface area (Å²) in [5.74, 6) is -5.02. The molecule has 11 heteroatoms. The number of ketones is 2. The van der Waals surface area contributed by atoms with Gasteiger partial charge in [0.1, 0.15) is 22.8 Å². The quantitative estimate of drug-likeness (QED) is 0.269. The molecule has 11 nitrogen and oxygen atoms in total. The fourth-order valence-electron chi connectivity index (χ4n) is 8.80. The van der Waals surface area contributed by atoms with Gasteiger partial charge in [0, 0.05) is 43.9 Å². The summed E-state index contributed by atoms with van der Waals surface area (Å²) in [6.45, 7) is 0.539. The number of benzene rings is 1. The van der Waals surface area contributed by atoms with Gasteiger partial charge >= 0.3 is 0 Å². The molecule has 0 aliphatic heterocycles. The van der Waals surface area contributed by atoms with Crippen molar-refractivity contribution in [2.75, 3.05) is 33.1 Å². The van der Waals surface area contributed by atoms with Gasteiger partial charge in [-0.2, -0.15) is 0 Å². The van der Waals surface area contributed by atoms with E-state index in [9.17, 15) is 34.8 Å². The lowest BCUT2D eigenvalue weighted by atomic mass is 9.57. The number of nitrogens with zero attached hydrogens (tertiary/aromatic N) is 2. The Hall–Kier alpha value is -3.41. The second kappa shape index (κ2) is 9.82. The lowest BCUT2D eigenvalue weighted by Crippen LogP contribution is -2.65. The van der Waals surface area contributed by atoms with E-state index in [1.807, 2.05) is 19.0 Å². The van der Waals surface area contributed by atoms with Crippen LogP contribution < -0.4 is 16.0 Å². The molecule has 7 N–H and O–H groups in total. The molecular weight excluding hydrogens is 540 g/mol. The number of primary amides is 1. The van der Waals surface area contributed by atoms with Crippen molar-refractivity contribution in [3.05, 3.63) is 39.7 Å². The van der Waals surface area contributed by atoms with Crippen molar-refractivity contribution in [3.63, 3.8) is 0 Å². The number of aromatic hydroxyl groups is 1. The first-order valence-electron chi connectivity index (χ1n) is 14.7. The minimum Gasteiger partial charge on any atom is -0.508 e. The molecule has 2 bridgehead atoms. The summed E-state index contributed by atoms with van der Waals surface area (Å²) in [6, 6.07) is 0.935. The molecule has 0 aromatic heterocycles. The summed E-state index contributed by atoms with van der Waals surface area (Å²) >= 11 is 0. The number of hydrogen-bond donors (Lipinski definition) is 6. The van der Waals surface area contributed by atoms with Crippen LogP contribution in [0.2, 0.25) is 0 Å². The van der Waals surface area contributed by atoms with Gasteiger partial charge in [-0.25, -0.2) is 0 Å². The number of likely N-dealkylation sites (N-methyl/N-ethyl adjacent to an activating group) is 1. The predicted octanol–water partition coefficient (Wildman–Crippen LogP) is 1.31. The van der Waals surface area contributed by atoms with Crippen molar-refractivity contribution in [1.29, 1.82) is 0 Å². The van der Waals surface area contributed by atoms with E-state index in [1.54, 1.807) is 20.2 Å². The third kappa shape index (κ3) is 3.93. The van der Waals surface area contributed by atoms with Gasteiger partial charge in [-0.15, -0.1) is 0 Å². The average molecular weight is 581 g/mol. The van der Waals surface area contributed by atoms with Gasteiger partial charge in [0.15, 0.2) is 11.4 Å². The van der Waals surface area contributed by atoms with Crippen molar-refractivity contribution in [2.24, 2.45) is 29.4 Å². The molecule has 1 aromatic carbocycles. The molecule has 7 atom stereocenters. The van der Waals surface area contributed by atoms with Crippen molar-refractivity contribution in [3.8, 4) is 5.75 Å². The summed E-state index contributed by atoms with van der Waals surface area (Å²) in [4.78, 5) is 43.0. The Balaban J connectivity index is 1.45. The van der Waals surface area contributed by atoms with E-state index in [2.05, 4.69) is 5.32 Å². The van der Waals surface area contributed by atoms with Gasteiger partial charge in [-0.1, -0.05) is 6.42 Å². The molecule has 3 fully saturated rings. The van der Waals surface area contributed by atoms with Crippen molar-refractivity contribution >= 4 is 28.9 Å². The fourth-order valence-corrected chi connectivity index (χ4v) is 8.80. The largest absolute Gasteiger partial charge is 0.508 e. The number of carbonyl (C=O) groups is 3. The van der Waals surface area contributed by atoms with Crippen molar-refractivity contribution in [1.82, 2.24) is 10.2 Å². The summed E-state index contributed by atoms with van der Waals surface area (Å²) < 4.78 is 0. The maximum absolute atomic E-state index is 14.1. The van der Waals surface area contributed by atoms with Crippen LogP contribution in [0.1, 0.15) is 48.8 Å². The lowest BCUT2D eigenvalue weighted by Gasteiger charge is -2.50. The first-order chi connectivity index (χ1) is 19.8. The SMILES string of the molecule is CN(C)c1c(CN[C@@H]2CC3CCC2C3)cc(O)c2c1C[C@H]1C[C@H]3[C@H](N(C)C)C(=O)C(C(N)=O)=C(O)[C@@]3(O)C(=O)C1=C2O. The van der Waals surface area contributed by atoms with Crippen LogP contribution in [0, 0.1) is 23.7 Å². The number of phenolic OH excluding ortho intramolecular Hbond substituents is 1. The predicted molar refractivity (Wildman–Crippen MR) is 155 cm³/mol. The van der Waals surface area contributed by atoms with E-state index in [1.165, 1.54) is 24.2 Å². The Bertz CT molecular complexity index is 1460. The number of hydrogen-bond acceptors (Lipinski definition) is 10. The van der Waals surface area contributed by atoms with Crippen LogP contribution in [-0.4, -0.2) is 88.7 Å². The van der Waals surface area contributed by atoms with Gasteiger partial charge in [-0.3, -0.25) is 19.3 Å². The minimum absolute atomic E-state index is 0.0625. The van der Waals surface area contributed by atoms with E-state index in [4.69, 9.17) is 5.73 Å². The van der Waals surface area contributed by atoms with Crippen LogP contribution in [0.25, 0.3) is 5.76 Å². The Morgan fingerprint density at radius 2 is 1.81 bits per heavy atom. The number of nitrogens with two attached hydrogens (primary N) is 1. The lowest BCUT2D eigenvalue weighted by molar-refractivity contribution is -0.153. The maximum atomic E-state index is 14.1. The van der Waals surface area contributed by atoms with E-state index < -0.39 is 58.0 Å². The van der Waals surface area contributed by atoms with E-state index >= 15 is 0 Å². The first-order valence-corrected chi connectivity index (χ1v) is 14.7. The van der Waals surface area contributed by atoms with Gasteiger partial charge in [-0.05, 0) is 81.1 Å². The third-order valence-corrected chi connectivity index (χ3v) is 10.5. The topological polar surface area (TPSA) is 177 Å². The monoisotopic (exact) mass is 580 g/mol. The number of nitrogens with one attached hydrogen (secondary N) is 1. The Morgan fingerprint density at radius 1 is 1.10 bits per heavy atom. The van der Waals surface area contributed by atoms with Gasteiger partial charge < -0.3 is 36.4 Å². The van der Waals surface area contributed by atoms with Crippen molar-refractivity contribution < 1.29 is 34.8 Å². The Labute approximate surface area is 244 Å². The number of aliphatic hydroxyl groups is 3. The summed E-state index contributed by atoms with van der Waals surface area (Å²) in [6.07, 6.45) is 5.29. The molecular formula is C31H40N4O7. The molecule has 226 valence electrons. The molecule has 1 amide bonds. The molecule has 2 unspecified atom stereocenters. The van der Waals surface area contributed by atoms with Gasteiger partial charge in [0.05, 0.1) is 11.6 Å². The molecule has 0 spiro atoms. The highest BCUT2D eigenvalue weighted by molar-refractivity contribution is 6.24. The molecule has 0 heterocycles. The van der Waals surface area contributed by atoms with Crippen LogP contribution in [0.4, 0.5) is 5.69 Å². The average Bonchev–Trinajstić information content (AvgIpc) is 3.52. The van der Waals surface area contributed by atoms with Gasteiger partial charge in [0.25, 0.3) is 5.91 Å². The zero-order valence-corrected chi connectivity index (χ0v) is 24.5. The zero-order valence-electron chi connectivity index (χ0n) is 24.5. The molecule has 42 heavy (non-hydrogen) atoms. The Kier molecular flexibility index (Phi) is 6.71. The number of phenols is 1. The van der Waals surface area contributed by atoms with Crippen LogP contribution in [-0.2, 0) is 27.3 Å². The standard InChI is InChI=1S/C31H40N4O7/c1-34(2)24-16(12-33-19-8-13-5-6-14(19)7-13)11-20(36)22-17(24)9-15-10-18-25(35(3)4)27(38)23(30(32)41)29(40)31(18,42)28(39)21(15)26(22)37/h11,13-15,18-19,25,33,36-37,40,42H,5-10,12H2,1-4H3,(H2,32,41)/t13?,14?,15-,18-,19+,25-,31-/m0/s1. The Morgan fingerprint density at radius 3 is 2.38 bits per heavy atom. The highest BCUT2D eigenvalue weighted by Crippen LogP contribution is 2.54. The molecule has 1 aromatic rings. The number of amides is 1. The molecule has 5 aliphatic rings. The van der Waals surface area contributed by atoms with Crippen LogP contribution in [0.3, 0.4) is 0 Å². The van der Waals surface area contributed by atoms with E-state index in [-0.39, 0.29) is 29.7 Å². The van der Waals surface area contributed by atoms with Crippen LogP contribution in [0.15, 0.2) is 23.0 Å². The first kappa shape index (κ1) is 28.7. The number of Topliss-reactive ketones (excluding diaryl/α,β-unsaturated/α-hetero) is 2. The summed E-state index contributed by atoms with van der Waals surface area (Å²) in [5.41, 5.74) is 4.29. The van der Waals surface area contributed by atoms with Crippen LogP contribution >= 0.6 is 0 Å². The smallest absolute Gasteiger partial charge is 0.255 e.